The summed E-state index contributed by atoms with van der Waals surface area (Å²) in [5.74, 6) is -0.311. The number of unbranched alkanes of at least 4 members (excludes halogenated alkanes) is 1. The van der Waals surface area contributed by atoms with Gasteiger partial charge in [0.2, 0.25) is 0 Å². The Morgan fingerprint density at radius 2 is 1.71 bits per heavy atom. The number of aryl methyl sites for hydroxylation is 2. The van der Waals surface area contributed by atoms with Crippen LogP contribution in [-0.4, -0.2) is 14.6 Å². The number of aromatic amines is 1. The first-order valence-electron chi connectivity index (χ1n) is 9.54. The maximum Gasteiger partial charge on any atom is 0.251 e. The number of fused-ring (bicyclic) bond motifs is 1. The molecule has 0 saturated carbocycles. The van der Waals surface area contributed by atoms with Gasteiger partial charge in [-0.3, -0.25) is 4.79 Å². The van der Waals surface area contributed by atoms with E-state index in [2.05, 4.69) is 36.2 Å². The van der Waals surface area contributed by atoms with Crippen molar-refractivity contribution in [2.75, 3.05) is 0 Å². The molecule has 0 bridgehead atoms. The lowest BCUT2D eigenvalue weighted by Crippen LogP contribution is -2.09. The molecule has 142 valence electrons. The number of H-pyrrole nitrogens is 1. The van der Waals surface area contributed by atoms with Crippen molar-refractivity contribution < 1.29 is 4.39 Å². The van der Waals surface area contributed by atoms with Crippen molar-refractivity contribution >= 4 is 5.65 Å². The molecule has 0 atom stereocenters. The van der Waals surface area contributed by atoms with Gasteiger partial charge in [0, 0.05) is 17.2 Å². The Hall–Kier alpha value is -3.21. The summed E-state index contributed by atoms with van der Waals surface area (Å²) in [6.07, 6.45) is 2.90. The Bertz CT molecular complexity index is 1170. The minimum Gasteiger partial charge on any atom is -0.306 e. The molecule has 0 fully saturated rings. The molecule has 2 heterocycles. The Kier molecular flexibility index (Phi) is 4.82. The highest BCUT2D eigenvalue weighted by atomic mass is 19.1. The topological polar surface area (TPSA) is 50.2 Å². The number of hydrogen-bond acceptors (Lipinski definition) is 2. The zero-order chi connectivity index (χ0) is 19.7. The fraction of sp³-hybridized carbons (Fsp3) is 0.217. The Labute approximate surface area is 162 Å². The molecule has 0 aliphatic heterocycles. The number of nitrogens with zero attached hydrogens (tertiary/aromatic N) is 2. The largest absolute Gasteiger partial charge is 0.306 e. The maximum absolute atomic E-state index is 13.4. The molecule has 4 nitrogen and oxygen atoms in total. The van der Waals surface area contributed by atoms with Crippen LogP contribution in [0.2, 0.25) is 0 Å². The van der Waals surface area contributed by atoms with Crippen molar-refractivity contribution in [3.63, 3.8) is 0 Å². The third kappa shape index (κ3) is 3.36. The molecule has 0 amide bonds. The highest BCUT2D eigenvalue weighted by Crippen LogP contribution is 2.31. The van der Waals surface area contributed by atoms with Gasteiger partial charge in [0.1, 0.15) is 11.5 Å². The smallest absolute Gasteiger partial charge is 0.251 e. The Morgan fingerprint density at radius 1 is 1.04 bits per heavy atom. The molecular formula is C23H22FN3O. The van der Waals surface area contributed by atoms with Crippen LogP contribution in [0.15, 0.2) is 59.4 Å². The van der Waals surface area contributed by atoms with Gasteiger partial charge in [0.05, 0.1) is 11.4 Å². The summed E-state index contributed by atoms with van der Waals surface area (Å²) < 4.78 is 15.1. The summed E-state index contributed by atoms with van der Waals surface area (Å²) in [6, 6.07) is 15.9. The summed E-state index contributed by atoms with van der Waals surface area (Å²) >= 11 is 0. The van der Waals surface area contributed by atoms with Crippen molar-refractivity contribution in [3.05, 3.63) is 82.0 Å². The Balaban J connectivity index is 2.00. The van der Waals surface area contributed by atoms with Crippen molar-refractivity contribution in [1.82, 2.24) is 14.6 Å². The van der Waals surface area contributed by atoms with Crippen LogP contribution in [0.5, 0.6) is 0 Å². The summed E-state index contributed by atoms with van der Waals surface area (Å²) in [7, 11) is 0. The third-order valence-electron chi connectivity index (χ3n) is 4.94. The average Bonchev–Trinajstić information content (AvgIpc) is 3.05. The van der Waals surface area contributed by atoms with E-state index in [0.29, 0.717) is 11.3 Å². The monoisotopic (exact) mass is 375 g/mol. The summed E-state index contributed by atoms with van der Waals surface area (Å²) in [4.78, 5) is 15.4. The van der Waals surface area contributed by atoms with E-state index in [0.717, 1.165) is 41.6 Å². The van der Waals surface area contributed by atoms with Crippen LogP contribution in [0.4, 0.5) is 4.39 Å². The molecule has 28 heavy (non-hydrogen) atoms. The van der Waals surface area contributed by atoms with Crippen LogP contribution in [0.25, 0.3) is 28.0 Å². The zero-order valence-corrected chi connectivity index (χ0v) is 16.0. The van der Waals surface area contributed by atoms with Gasteiger partial charge in [-0.2, -0.15) is 5.10 Å². The molecule has 0 aliphatic rings. The van der Waals surface area contributed by atoms with Crippen LogP contribution < -0.4 is 5.56 Å². The van der Waals surface area contributed by atoms with Crippen LogP contribution in [0, 0.1) is 12.7 Å². The van der Waals surface area contributed by atoms with Gasteiger partial charge in [-0.1, -0.05) is 43.2 Å². The van der Waals surface area contributed by atoms with Gasteiger partial charge in [-0.05, 0) is 49.6 Å². The van der Waals surface area contributed by atoms with E-state index < -0.39 is 0 Å². The summed E-state index contributed by atoms with van der Waals surface area (Å²) in [6.45, 7) is 4.19. The third-order valence-corrected chi connectivity index (χ3v) is 4.94. The van der Waals surface area contributed by atoms with Crippen LogP contribution >= 0.6 is 0 Å². The second kappa shape index (κ2) is 7.43. The van der Waals surface area contributed by atoms with Gasteiger partial charge in [-0.15, -0.1) is 0 Å². The number of rotatable bonds is 5. The number of hydrogen-bond donors (Lipinski definition) is 1. The van der Waals surface area contributed by atoms with Gasteiger partial charge < -0.3 is 4.98 Å². The van der Waals surface area contributed by atoms with Crippen molar-refractivity contribution in [2.45, 2.75) is 33.1 Å². The molecule has 2 aromatic heterocycles. The normalized spacial score (nSPS) is 11.2. The van der Waals surface area contributed by atoms with Crippen LogP contribution in [-0.2, 0) is 6.42 Å². The molecule has 0 saturated heterocycles. The van der Waals surface area contributed by atoms with Crippen LogP contribution in [0.1, 0.15) is 31.0 Å². The standard InChI is InChI=1S/C23H22FN3O/c1-3-4-5-19-22(17-8-6-15(2)7-9-17)23-25-21(28)14-20(27(23)26-19)16-10-12-18(24)13-11-16/h6-14H,3-5H2,1-2H3,(H,25,28). The number of halogens is 1. The van der Waals surface area contributed by atoms with E-state index >= 15 is 0 Å². The molecule has 0 aliphatic carbocycles. The second-order valence-corrected chi connectivity index (χ2v) is 7.08. The maximum atomic E-state index is 13.4. The van der Waals surface area contributed by atoms with Crippen molar-refractivity contribution in [1.29, 1.82) is 0 Å². The quantitative estimate of drug-likeness (QED) is 0.525. The Morgan fingerprint density at radius 3 is 2.39 bits per heavy atom. The molecule has 4 aromatic rings. The van der Waals surface area contributed by atoms with E-state index in [1.807, 2.05) is 6.92 Å². The summed E-state index contributed by atoms with van der Waals surface area (Å²) in [5, 5.41) is 4.84. The van der Waals surface area contributed by atoms with Gasteiger partial charge in [-0.25, -0.2) is 8.91 Å². The zero-order valence-electron chi connectivity index (χ0n) is 16.0. The minimum absolute atomic E-state index is 0.206. The van der Waals surface area contributed by atoms with Gasteiger partial charge in [0.25, 0.3) is 5.56 Å². The first kappa shape index (κ1) is 18.2. The number of aromatic nitrogens is 3. The second-order valence-electron chi connectivity index (χ2n) is 7.08. The molecule has 0 spiro atoms. The highest BCUT2D eigenvalue weighted by molar-refractivity contribution is 5.81. The SMILES string of the molecule is CCCCc1nn2c(-c3ccc(F)cc3)cc(=O)[nH]c2c1-c1ccc(C)cc1. The lowest BCUT2D eigenvalue weighted by molar-refractivity contribution is 0.628. The van der Waals surface area contributed by atoms with Gasteiger partial charge in [0.15, 0.2) is 0 Å². The lowest BCUT2D eigenvalue weighted by Gasteiger charge is -2.06. The van der Waals surface area contributed by atoms with E-state index in [-0.39, 0.29) is 11.4 Å². The van der Waals surface area contributed by atoms with E-state index in [1.54, 1.807) is 16.6 Å². The first-order chi connectivity index (χ1) is 13.6. The molecule has 5 heteroatoms. The average molecular weight is 375 g/mol. The minimum atomic E-state index is -0.311. The van der Waals surface area contributed by atoms with E-state index in [4.69, 9.17) is 5.10 Å². The lowest BCUT2D eigenvalue weighted by atomic mass is 10.0. The predicted octanol–water partition coefficient (Wildman–Crippen LogP) is 5.15. The number of nitrogens with one attached hydrogen (secondary N) is 1. The number of benzene rings is 2. The molecule has 2 aromatic carbocycles. The van der Waals surface area contributed by atoms with Gasteiger partial charge >= 0.3 is 0 Å². The van der Waals surface area contributed by atoms with E-state index in [9.17, 15) is 9.18 Å². The first-order valence-corrected chi connectivity index (χ1v) is 9.54. The molecule has 0 unspecified atom stereocenters. The fourth-order valence-corrected chi connectivity index (χ4v) is 3.46. The van der Waals surface area contributed by atoms with Crippen LogP contribution in [0.3, 0.4) is 0 Å². The summed E-state index contributed by atoms with van der Waals surface area (Å²) in [5.41, 5.74) is 5.97. The van der Waals surface area contributed by atoms with E-state index in [1.165, 1.54) is 23.8 Å². The molecule has 0 radical (unpaired) electrons. The predicted molar refractivity (Wildman–Crippen MR) is 110 cm³/mol. The molecular weight excluding hydrogens is 353 g/mol. The fourth-order valence-electron chi connectivity index (χ4n) is 3.46. The highest BCUT2D eigenvalue weighted by Gasteiger charge is 2.18. The molecule has 1 N–H and O–H groups in total. The van der Waals surface area contributed by atoms with Crippen molar-refractivity contribution in [2.24, 2.45) is 0 Å². The molecule has 4 rings (SSSR count). The van der Waals surface area contributed by atoms with Crippen molar-refractivity contribution in [3.8, 4) is 22.4 Å².